The van der Waals surface area contributed by atoms with E-state index in [-0.39, 0.29) is 47.3 Å². The fourth-order valence-corrected chi connectivity index (χ4v) is 7.54. The van der Waals surface area contributed by atoms with E-state index in [9.17, 15) is 22.8 Å². The van der Waals surface area contributed by atoms with Crippen molar-refractivity contribution in [2.45, 2.75) is 56.6 Å². The van der Waals surface area contributed by atoms with E-state index in [4.69, 9.17) is 14.6 Å². The number of aromatic nitrogens is 1. The van der Waals surface area contributed by atoms with Gasteiger partial charge in [0.2, 0.25) is 0 Å². The minimum absolute atomic E-state index is 0.0447. The smallest absolute Gasteiger partial charge is 0.416 e. The molecule has 2 N–H and O–H groups in total. The molecule has 0 fully saturated rings. The maximum atomic E-state index is 16.1. The average Bonchev–Trinajstić information content (AvgIpc) is 3.48. The van der Waals surface area contributed by atoms with E-state index in [1.165, 1.54) is 41.5 Å². The summed E-state index contributed by atoms with van der Waals surface area (Å²) < 4.78 is 86.2. The molecule has 0 amide bonds. The number of alkyl halides is 3. The summed E-state index contributed by atoms with van der Waals surface area (Å²) in [6, 6.07) is 15.1. The largest absolute Gasteiger partial charge is 0.488 e. The number of hydrogen-bond acceptors (Lipinski definition) is 6. The van der Waals surface area contributed by atoms with Gasteiger partial charge in [0.05, 0.1) is 40.9 Å². The Morgan fingerprint density at radius 2 is 1.76 bits per heavy atom. The SMILES string of the molecule is Cc1c(Cc2c(F)cccc2C(F)(F)F)c2n(c(=O)c1-c1cccc(OC(C)C)c1F)C(C(NCCOCC(=O)O)c1ccccc1)CS2. The molecule has 5 rings (SSSR count). The zero-order valence-electron chi connectivity index (χ0n) is 26.9. The minimum Gasteiger partial charge on any atom is -0.488 e. The van der Waals surface area contributed by atoms with Gasteiger partial charge in [-0.25, -0.2) is 13.6 Å². The molecule has 7 nitrogen and oxygen atoms in total. The van der Waals surface area contributed by atoms with Gasteiger partial charge in [0, 0.05) is 29.8 Å². The summed E-state index contributed by atoms with van der Waals surface area (Å²) in [6.45, 7) is 4.73. The molecule has 2 unspecified atom stereocenters. The Balaban J connectivity index is 1.72. The molecule has 0 radical (unpaired) electrons. The fraction of sp³-hybridized carbons (Fsp3) is 0.333. The standard InChI is InChI=1S/C36H35F5N2O5S/c1-20(2)48-29-14-7-11-23(32(29)38)31-21(3)24(17-25-26(36(39,40)41)12-8-13-27(25)37)35-43(34(31)46)28(19-49-35)33(22-9-5-4-6-10-22)42-15-16-47-18-30(44)45/h4-14,20,28,33,42H,15-19H2,1-3H3,(H,44,45). The zero-order chi connectivity index (χ0) is 35.5. The fourth-order valence-electron chi connectivity index (χ4n) is 6.11. The highest BCUT2D eigenvalue weighted by molar-refractivity contribution is 7.99. The summed E-state index contributed by atoms with van der Waals surface area (Å²) in [7, 11) is 0. The molecule has 4 aromatic rings. The molecular weight excluding hydrogens is 667 g/mol. The molecule has 49 heavy (non-hydrogen) atoms. The van der Waals surface area contributed by atoms with Crippen LogP contribution in [0.1, 0.15) is 53.7 Å². The van der Waals surface area contributed by atoms with Crippen molar-refractivity contribution in [2.24, 2.45) is 0 Å². The van der Waals surface area contributed by atoms with Gasteiger partial charge in [0.1, 0.15) is 12.4 Å². The number of carboxylic acid groups (broad SMARTS) is 1. The van der Waals surface area contributed by atoms with Crippen LogP contribution < -0.4 is 15.6 Å². The number of ether oxygens (including phenoxy) is 2. The van der Waals surface area contributed by atoms with Crippen LogP contribution >= 0.6 is 11.8 Å². The Labute approximate surface area is 284 Å². The topological polar surface area (TPSA) is 89.8 Å². The number of aliphatic carboxylic acids is 1. The van der Waals surface area contributed by atoms with Crippen LogP contribution in [-0.2, 0) is 22.1 Å². The molecule has 1 aliphatic heterocycles. The van der Waals surface area contributed by atoms with Gasteiger partial charge in [-0.15, -0.1) is 11.8 Å². The number of fused-ring (bicyclic) bond motifs is 1. The van der Waals surface area contributed by atoms with Crippen LogP contribution in [0.25, 0.3) is 11.1 Å². The molecule has 1 aliphatic rings. The zero-order valence-corrected chi connectivity index (χ0v) is 27.8. The number of carboxylic acids is 1. The highest BCUT2D eigenvalue weighted by atomic mass is 32.2. The van der Waals surface area contributed by atoms with Crippen LogP contribution in [0.15, 0.2) is 76.6 Å². The number of thioether (sulfide) groups is 1. The molecule has 1 aromatic heterocycles. The molecule has 0 bridgehead atoms. The third-order valence-corrected chi connectivity index (χ3v) is 9.44. The van der Waals surface area contributed by atoms with Gasteiger partial charge in [0.15, 0.2) is 11.6 Å². The Kier molecular flexibility index (Phi) is 11.2. The van der Waals surface area contributed by atoms with Crippen LogP contribution in [0.2, 0.25) is 0 Å². The number of rotatable bonds is 13. The first kappa shape index (κ1) is 36.1. The van der Waals surface area contributed by atoms with E-state index in [1.807, 2.05) is 30.3 Å². The predicted octanol–water partition coefficient (Wildman–Crippen LogP) is 7.58. The van der Waals surface area contributed by atoms with Crippen LogP contribution in [0, 0.1) is 18.6 Å². The summed E-state index contributed by atoms with van der Waals surface area (Å²) in [6.07, 6.45) is -5.74. The third-order valence-electron chi connectivity index (χ3n) is 8.21. The maximum Gasteiger partial charge on any atom is 0.416 e. The van der Waals surface area contributed by atoms with Gasteiger partial charge in [0.25, 0.3) is 5.56 Å². The van der Waals surface area contributed by atoms with Crippen LogP contribution in [0.3, 0.4) is 0 Å². The highest BCUT2D eigenvalue weighted by Gasteiger charge is 2.39. The van der Waals surface area contributed by atoms with E-state index < -0.39 is 65.6 Å². The lowest BCUT2D eigenvalue weighted by molar-refractivity contribution is -0.142. The second-order valence-corrected chi connectivity index (χ2v) is 12.9. The lowest BCUT2D eigenvalue weighted by Crippen LogP contribution is -2.37. The van der Waals surface area contributed by atoms with Gasteiger partial charge in [-0.2, -0.15) is 13.2 Å². The minimum atomic E-state index is -4.85. The first-order chi connectivity index (χ1) is 23.3. The quantitative estimate of drug-likeness (QED) is 0.110. The normalized spacial score (nSPS) is 15.0. The number of carbonyl (C=O) groups is 1. The molecule has 0 saturated carbocycles. The molecule has 260 valence electrons. The molecule has 0 saturated heterocycles. The second kappa shape index (κ2) is 15.1. The highest BCUT2D eigenvalue weighted by Crippen LogP contribution is 2.45. The predicted molar refractivity (Wildman–Crippen MR) is 176 cm³/mol. The van der Waals surface area contributed by atoms with Crippen molar-refractivity contribution in [1.29, 1.82) is 0 Å². The summed E-state index contributed by atoms with van der Waals surface area (Å²) in [5.41, 5.74) is -1.18. The number of hydrogen-bond donors (Lipinski definition) is 2. The average molecular weight is 703 g/mol. The van der Waals surface area contributed by atoms with E-state index in [1.54, 1.807) is 13.8 Å². The second-order valence-electron chi connectivity index (χ2n) is 11.9. The van der Waals surface area contributed by atoms with Gasteiger partial charge >= 0.3 is 12.1 Å². The Morgan fingerprint density at radius 3 is 2.43 bits per heavy atom. The van der Waals surface area contributed by atoms with Crippen molar-refractivity contribution < 1.29 is 41.3 Å². The summed E-state index contributed by atoms with van der Waals surface area (Å²) in [4.78, 5) is 25.6. The number of halogens is 5. The molecule has 3 aromatic carbocycles. The van der Waals surface area contributed by atoms with Crippen molar-refractivity contribution in [3.8, 4) is 16.9 Å². The van der Waals surface area contributed by atoms with E-state index in [0.717, 1.165) is 23.8 Å². The van der Waals surface area contributed by atoms with Gasteiger partial charge in [-0.1, -0.05) is 48.5 Å². The van der Waals surface area contributed by atoms with Crippen molar-refractivity contribution in [2.75, 3.05) is 25.5 Å². The van der Waals surface area contributed by atoms with E-state index >= 15 is 8.78 Å². The Hall–Kier alpha value is -4.20. The number of benzene rings is 3. The maximum absolute atomic E-state index is 16.1. The first-order valence-corrected chi connectivity index (χ1v) is 16.6. The molecule has 2 heterocycles. The number of nitrogens with one attached hydrogen (secondary N) is 1. The molecule has 0 spiro atoms. The lowest BCUT2D eigenvalue weighted by Gasteiger charge is -2.28. The molecule has 13 heteroatoms. The van der Waals surface area contributed by atoms with Crippen molar-refractivity contribution in [3.63, 3.8) is 0 Å². The van der Waals surface area contributed by atoms with E-state index in [0.29, 0.717) is 10.8 Å². The summed E-state index contributed by atoms with van der Waals surface area (Å²) in [5.74, 6) is -2.77. The van der Waals surface area contributed by atoms with Crippen molar-refractivity contribution >= 4 is 17.7 Å². The third kappa shape index (κ3) is 7.84. The molecular formula is C36H35F5N2O5S. The van der Waals surface area contributed by atoms with Gasteiger partial charge in [-0.3, -0.25) is 9.36 Å². The van der Waals surface area contributed by atoms with Gasteiger partial charge in [-0.05, 0) is 55.7 Å². The lowest BCUT2D eigenvalue weighted by atomic mass is 9.91. The first-order valence-electron chi connectivity index (χ1n) is 15.6. The van der Waals surface area contributed by atoms with Crippen LogP contribution in [-0.4, -0.2) is 47.3 Å². The Bertz CT molecular complexity index is 1880. The van der Waals surface area contributed by atoms with Crippen LogP contribution in [0.4, 0.5) is 22.0 Å². The van der Waals surface area contributed by atoms with Crippen LogP contribution in [0.5, 0.6) is 5.75 Å². The van der Waals surface area contributed by atoms with E-state index in [2.05, 4.69) is 5.32 Å². The van der Waals surface area contributed by atoms with Gasteiger partial charge < -0.3 is 19.9 Å². The van der Waals surface area contributed by atoms with Crippen molar-refractivity contribution in [3.05, 3.63) is 117 Å². The summed E-state index contributed by atoms with van der Waals surface area (Å²) >= 11 is 1.25. The molecule has 0 aliphatic carbocycles. The number of pyridine rings is 1. The molecule has 2 atom stereocenters. The summed E-state index contributed by atoms with van der Waals surface area (Å²) in [5, 5.41) is 12.6. The van der Waals surface area contributed by atoms with Crippen molar-refractivity contribution in [1.82, 2.24) is 9.88 Å². The Morgan fingerprint density at radius 1 is 1.04 bits per heavy atom. The number of nitrogens with zero attached hydrogens (tertiary/aromatic N) is 1. The monoisotopic (exact) mass is 702 g/mol.